The van der Waals surface area contributed by atoms with E-state index in [-0.39, 0.29) is 12.1 Å². The van der Waals surface area contributed by atoms with Crippen LogP contribution < -0.4 is 4.90 Å². The smallest absolute Gasteiger partial charge is 0.211 e. The molecule has 1 saturated carbocycles. The van der Waals surface area contributed by atoms with E-state index in [1.54, 1.807) is 10.5 Å². The van der Waals surface area contributed by atoms with Crippen molar-refractivity contribution in [2.24, 2.45) is 5.92 Å². The maximum atomic E-state index is 12.8. The Hall–Kier alpha value is -2.50. The van der Waals surface area contributed by atoms with Gasteiger partial charge in [-0.05, 0) is 37.3 Å². The highest BCUT2D eigenvalue weighted by Gasteiger charge is 2.43. The second-order valence-corrected chi connectivity index (χ2v) is 11.0. The Morgan fingerprint density at radius 1 is 1.25 bits per heavy atom. The summed E-state index contributed by atoms with van der Waals surface area (Å²) < 4.78 is 34.8. The van der Waals surface area contributed by atoms with Gasteiger partial charge in [0.2, 0.25) is 10.0 Å². The lowest BCUT2D eigenvalue weighted by atomic mass is 9.99. The van der Waals surface area contributed by atoms with E-state index in [9.17, 15) is 8.42 Å². The van der Waals surface area contributed by atoms with E-state index < -0.39 is 10.0 Å². The number of hydrogen-bond donors (Lipinski definition) is 1. The van der Waals surface area contributed by atoms with Crippen LogP contribution in [0.3, 0.4) is 0 Å². The zero-order chi connectivity index (χ0) is 22.0. The van der Waals surface area contributed by atoms with E-state index in [4.69, 9.17) is 14.8 Å². The molecule has 2 fully saturated rings. The average molecular weight is 458 g/mol. The number of morpholine rings is 1. The Kier molecular flexibility index (Phi) is 4.57. The predicted octanol–water partition coefficient (Wildman–Crippen LogP) is 1.64. The van der Waals surface area contributed by atoms with Crippen molar-refractivity contribution < 1.29 is 13.2 Å². The van der Waals surface area contributed by atoms with Crippen LogP contribution in [0.2, 0.25) is 0 Å². The first-order valence-electron chi connectivity index (χ1n) is 11.2. The molecule has 170 valence electrons. The quantitative estimate of drug-likeness (QED) is 0.634. The predicted molar refractivity (Wildman–Crippen MR) is 119 cm³/mol. The Balaban J connectivity index is 1.62. The van der Waals surface area contributed by atoms with Crippen LogP contribution in [0.5, 0.6) is 0 Å². The van der Waals surface area contributed by atoms with Crippen LogP contribution in [0.4, 0.5) is 5.82 Å². The van der Waals surface area contributed by atoms with Crippen LogP contribution in [0.15, 0.2) is 18.3 Å². The summed E-state index contributed by atoms with van der Waals surface area (Å²) >= 11 is 0. The van der Waals surface area contributed by atoms with Gasteiger partial charge < -0.3 is 9.64 Å². The monoisotopic (exact) mass is 457 g/mol. The van der Waals surface area contributed by atoms with Gasteiger partial charge in [0.25, 0.3) is 0 Å². The van der Waals surface area contributed by atoms with Crippen LogP contribution >= 0.6 is 0 Å². The second-order valence-electron chi connectivity index (χ2n) is 9.09. The summed E-state index contributed by atoms with van der Waals surface area (Å²) in [5, 5.41) is 12.9. The molecule has 2 atom stereocenters. The van der Waals surface area contributed by atoms with Gasteiger partial charge in [0.1, 0.15) is 5.82 Å². The Labute approximate surface area is 186 Å². The molecular weight excluding hydrogens is 430 g/mol. The first-order chi connectivity index (χ1) is 15.4. The van der Waals surface area contributed by atoms with Crippen molar-refractivity contribution in [1.29, 1.82) is 0 Å². The highest BCUT2D eigenvalue weighted by Crippen LogP contribution is 2.49. The summed E-state index contributed by atoms with van der Waals surface area (Å²) in [4.78, 5) is 7.32. The van der Waals surface area contributed by atoms with Crippen molar-refractivity contribution in [3.05, 3.63) is 29.6 Å². The number of sulfonamides is 1. The topological polar surface area (TPSA) is 109 Å². The van der Waals surface area contributed by atoms with Crippen molar-refractivity contribution in [1.82, 2.24) is 29.3 Å². The van der Waals surface area contributed by atoms with Crippen LogP contribution in [0.25, 0.3) is 16.9 Å². The molecule has 0 aromatic carbocycles. The molecule has 1 unspecified atom stereocenters. The second kappa shape index (κ2) is 7.26. The molecular formula is C21H27N7O3S. The lowest BCUT2D eigenvalue weighted by Gasteiger charge is -2.35. The van der Waals surface area contributed by atoms with Crippen LogP contribution in [0, 0.1) is 5.92 Å². The number of aromatic amines is 1. The molecule has 10 nitrogen and oxygen atoms in total. The molecule has 3 aromatic heterocycles. The first-order valence-corrected chi connectivity index (χ1v) is 13.0. The number of rotatable bonds is 4. The maximum Gasteiger partial charge on any atom is 0.211 e. The van der Waals surface area contributed by atoms with Gasteiger partial charge in [-0.2, -0.15) is 19.2 Å². The number of hydrogen-bond acceptors (Lipinski definition) is 7. The fourth-order valence-corrected chi connectivity index (χ4v) is 6.27. The normalized spacial score (nSPS) is 24.8. The van der Waals surface area contributed by atoms with Gasteiger partial charge in [-0.15, -0.1) is 0 Å². The van der Waals surface area contributed by atoms with Crippen molar-refractivity contribution in [2.45, 2.75) is 38.3 Å². The SMILES string of the molecule is C[C@@H]1COCCN1c1cc2c3c(nn(-c4ccn[nH]4)c3n1)CCN(S(C)(=O)=O)C2C1CC1. The Bertz CT molecular complexity index is 1270. The van der Waals surface area contributed by atoms with Crippen LogP contribution in [-0.4, -0.2) is 76.3 Å². The van der Waals surface area contributed by atoms with Crippen molar-refractivity contribution in [3.63, 3.8) is 0 Å². The van der Waals surface area contributed by atoms with Crippen molar-refractivity contribution in [3.8, 4) is 5.82 Å². The molecule has 0 amide bonds. The molecule has 1 saturated heterocycles. The molecule has 2 aliphatic heterocycles. The largest absolute Gasteiger partial charge is 0.377 e. The van der Waals surface area contributed by atoms with E-state index in [0.717, 1.165) is 53.3 Å². The minimum Gasteiger partial charge on any atom is -0.377 e. The van der Waals surface area contributed by atoms with Crippen LogP contribution in [0.1, 0.15) is 37.1 Å². The summed E-state index contributed by atoms with van der Waals surface area (Å²) in [6.07, 6.45) is 5.64. The lowest BCUT2D eigenvalue weighted by Crippen LogP contribution is -2.44. The van der Waals surface area contributed by atoms with Crippen molar-refractivity contribution in [2.75, 3.05) is 37.5 Å². The van der Waals surface area contributed by atoms with Crippen LogP contribution in [-0.2, 0) is 21.2 Å². The third-order valence-electron chi connectivity index (χ3n) is 6.80. The zero-order valence-electron chi connectivity index (χ0n) is 18.2. The number of H-pyrrole nitrogens is 1. The molecule has 32 heavy (non-hydrogen) atoms. The molecule has 1 aliphatic carbocycles. The van der Waals surface area contributed by atoms with Gasteiger partial charge in [0.15, 0.2) is 11.5 Å². The number of nitrogens with zero attached hydrogens (tertiary/aromatic N) is 6. The number of pyridine rings is 1. The fraction of sp³-hybridized carbons (Fsp3) is 0.571. The summed E-state index contributed by atoms with van der Waals surface area (Å²) in [7, 11) is -3.37. The van der Waals surface area contributed by atoms with E-state index in [1.165, 1.54) is 6.26 Å². The highest BCUT2D eigenvalue weighted by atomic mass is 32.2. The molecule has 1 N–H and O–H groups in total. The van der Waals surface area contributed by atoms with Gasteiger partial charge in [0, 0.05) is 31.0 Å². The van der Waals surface area contributed by atoms with Crippen molar-refractivity contribution >= 4 is 26.9 Å². The van der Waals surface area contributed by atoms with E-state index in [0.29, 0.717) is 32.1 Å². The molecule has 6 rings (SSSR count). The van der Waals surface area contributed by atoms with Gasteiger partial charge >= 0.3 is 0 Å². The summed E-state index contributed by atoms with van der Waals surface area (Å²) in [6.45, 7) is 4.58. The number of aromatic nitrogens is 5. The van der Waals surface area contributed by atoms with E-state index in [1.807, 2.05) is 10.7 Å². The molecule has 5 heterocycles. The standard InChI is InChI=1S/C21H27N7O3S/c1-13-12-31-10-9-26(13)18-11-15-19-16(25-28(21(19)23-18)17-5-7-22-24-17)6-8-27(32(2,29)30)20(15)14-3-4-14/h5,7,11,13-14,20H,3-4,6,8-10,12H2,1-2H3,(H,22,24)/t13-,20?/m1/s1. The first kappa shape index (κ1) is 20.1. The van der Waals surface area contributed by atoms with Gasteiger partial charge in [0.05, 0.1) is 43.4 Å². The third kappa shape index (κ3) is 3.22. The summed E-state index contributed by atoms with van der Waals surface area (Å²) in [5.74, 6) is 1.92. The van der Waals surface area contributed by atoms with Gasteiger partial charge in [-0.25, -0.2) is 13.4 Å². The lowest BCUT2D eigenvalue weighted by molar-refractivity contribution is 0.0985. The summed E-state index contributed by atoms with van der Waals surface area (Å²) in [6, 6.07) is 3.97. The van der Waals surface area contributed by atoms with Gasteiger partial charge in [-0.3, -0.25) is 5.10 Å². The highest BCUT2D eigenvalue weighted by molar-refractivity contribution is 7.88. The van der Waals surface area contributed by atoms with E-state index >= 15 is 0 Å². The zero-order valence-corrected chi connectivity index (χ0v) is 19.0. The van der Waals surface area contributed by atoms with Gasteiger partial charge in [-0.1, -0.05) is 0 Å². The summed E-state index contributed by atoms with van der Waals surface area (Å²) in [5.41, 5.74) is 2.65. The Morgan fingerprint density at radius 2 is 2.09 bits per heavy atom. The third-order valence-corrected chi connectivity index (χ3v) is 8.06. The molecule has 0 bridgehead atoms. The molecule has 0 spiro atoms. The molecule has 11 heteroatoms. The fourth-order valence-electron chi connectivity index (χ4n) is 5.14. The number of nitrogens with one attached hydrogen (secondary N) is 1. The van der Waals surface area contributed by atoms with E-state index in [2.05, 4.69) is 28.1 Å². The molecule has 3 aliphatic rings. The maximum absolute atomic E-state index is 12.8. The molecule has 3 aromatic rings. The number of ether oxygens (including phenoxy) is 1. The minimum absolute atomic E-state index is 0.181. The number of anilines is 1. The molecule has 0 radical (unpaired) electrons. The Morgan fingerprint density at radius 3 is 2.78 bits per heavy atom. The average Bonchev–Trinajstić information content (AvgIpc) is 3.35. The minimum atomic E-state index is -3.37.